The number of nitro benzene ring substituents is 1. The fraction of sp³-hybridized carbons (Fsp3) is 0. The highest BCUT2D eigenvalue weighted by Crippen LogP contribution is 2.16. The lowest BCUT2D eigenvalue weighted by Gasteiger charge is -2.09. The summed E-state index contributed by atoms with van der Waals surface area (Å²) in [5, 5.41) is 26.2. The number of urea groups is 1. The highest BCUT2D eigenvalue weighted by molar-refractivity contribution is 6.00. The zero-order valence-corrected chi connectivity index (χ0v) is 11.1. The molecular formula is C14H10N3O5-. The van der Waals surface area contributed by atoms with Gasteiger partial charge in [-0.05, 0) is 29.8 Å². The van der Waals surface area contributed by atoms with E-state index in [2.05, 4.69) is 10.6 Å². The number of carboxylic acids is 1. The Morgan fingerprint density at radius 2 is 1.59 bits per heavy atom. The number of carbonyl (C=O) groups is 2. The van der Waals surface area contributed by atoms with Crippen molar-refractivity contribution in [3.63, 3.8) is 0 Å². The van der Waals surface area contributed by atoms with Crippen molar-refractivity contribution in [1.82, 2.24) is 0 Å². The van der Waals surface area contributed by atoms with Crippen molar-refractivity contribution in [2.75, 3.05) is 10.6 Å². The molecule has 8 heteroatoms. The summed E-state index contributed by atoms with van der Waals surface area (Å²) < 4.78 is 0. The average Bonchev–Trinajstić information content (AvgIpc) is 2.47. The quantitative estimate of drug-likeness (QED) is 0.655. The van der Waals surface area contributed by atoms with Crippen LogP contribution < -0.4 is 15.7 Å². The lowest BCUT2D eigenvalue weighted by atomic mass is 10.2. The Labute approximate surface area is 124 Å². The number of carbonyl (C=O) groups excluding carboxylic acids is 2. The molecule has 0 atom stereocenters. The average molecular weight is 300 g/mol. The van der Waals surface area contributed by atoms with Crippen molar-refractivity contribution in [2.24, 2.45) is 0 Å². The molecule has 8 nitrogen and oxygen atoms in total. The second kappa shape index (κ2) is 6.35. The normalized spacial score (nSPS) is 9.82. The Hall–Kier alpha value is -3.42. The highest BCUT2D eigenvalue weighted by Gasteiger charge is 2.07. The van der Waals surface area contributed by atoms with Gasteiger partial charge in [0.1, 0.15) is 0 Å². The van der Waals surface area contributed by atoms with Gasteiger partial charge in [0.15, 0.2) is 0 Å². The Balaban J connectivity index is 2.02. The zero-order valence-electron chi connectivity index (χ0n) is 11.1. The van der Waals surface area contributed by atoms with Gasteiger partial charge in [-0.15, -0.1) is 0 Å². The number of nitro groups is 1. The molecule has 0 bridgehead atoms. The van der Waals surface area contributed by atoms with Crippen LogP contribution in [-0.4, -0.2) is 16.9 Å². The molecule has 0 spiro atoms. The summed E-state index contributed by atoms with van der Waals surface area (Å²) in [7, 11) is 0. The fourth-order valence-electron chi connectivity index (χ4n) is 1.68. The van der Waals surface area contributed by atoms with Gasteiger partial charge in [0, 0.05) is 23.5 Å². The van der Waals surface area contributed by atoms with Gasteiger partial charge in [-0.2, -0.15) is 0 Å². The van der Waals surface area contributed by atoms with Crippen LogP contribution in [-0.2, 0) is 0 Å². The Morgan fingerprint density at radius 1 is 0.955 bits per heavy atom. The molecule has 2 amide bonds. The number of nitrogens with one attached hydrogen (secondary N) is 2. The molecule has 2 aromatic rings. The van der Waals surface area contributed by atoms with Crippen molar-refractivity contribution in [3.8, 4) is 0 Å². The smallest absolute Gasteiger partial charge is 0.323 e. The van der Waals surface area contributed by atoms with Crippen molar-refractivity contribution in [3.05, 3.63) is 64.2 Å². The summed E-state index contributed by atoms with van der Waals surface area (Å²) in [5.41, 5.74) is 0.487. The first kappa shape index (κ1) is 15.0. The summed E-state index contributed by atoms with van der Waals surface area (Å²) in [6.45, 7) is 0. The van der Waals surface area contributed by atoms with Crippen molar-refractivity contribution < 1.29 is 19.6 Å². The van der Waals surface area contributed by atoms with Crippen LogP contribution in [0.2, 0.25) is 0 Å². The number of hydrogen-bond donors (Lipinski definition) is 2. The molecule has 0 aliphatic rings. The number of carboxylic acid groups (broad SMARTS) is 1. The van der Waals surface area contributed by atoms with E-state index >= 15 is 0 Å². The second-order valence-electron chi connectivity index (χ2n) is 4.25. The zero-order chi connectivity index (χ0) is 16.1. The van der Waals surface area contributed by atoms with Gasteiger partial charge in [0.05, 0.1) is 10.9 Å². The molecule has 0 heterocycles. The summed E-state index contributed by atoms with van der Waals surface area (Å²) in [6, 6.07) is 10.3. The lowest BCUT2D eigenvalue weighted by Crippen LogP contribution is -2.23. The van der Waals surface area contributed by atoms with Crippen molar-refractivity contribution in [2.45, 2.75) is 0 Å². The SMILES string of the molecule is O=C(Nc1ccc([N+](=O)[O-])cc1)Nc1cccc(C(=O)[O-])c1. The van der Waals surface area contributed by atoms with Gasteiger partial charge < -0.3 is 20.5 Å². The maximum atomic E-state index is 11.8. The molecule has 0 aliphatic carbocycles. The number of anilines is 2. The predicted molar refractivity (Wildman–Crippen MR) is 76.5 cm³/mol. The van der Waals surface area contributed by atoms with Gasteiger partial charge in [0.2, 0.25) is 0 Å². The van der Waals surface area contributed by atoms with E-state index in [-0.39, 0.29) is 16.9 Å². The Kier molecular flexibility index (Phi) is 4.33. The lowest BCUT2D eigenvalue weighted by molar-refractivity contribution is -0.384. The number of nitrogens with zero attached hydrogens (tertiary/aromatic N) is 1. The van der Waals surface area contributed by atoms with Crippen LogP contribution in [0.25, 0.3) is 0 Å². The third-order valence-corrected chi connectivity index (χ3v) is 2.69. The number of benzene rings is 2. The van der Waals surface area contributed by atoms with E-state index in [9.17, 15) is 24.8 Å². The molecule has 2 rings (SSSR count). The van der Waals surface area contributed by atoms with Crippen LogP contribution in [0.5, 0.6) is 0 Å². The molecule has 0 aliphatic heterocycles. The summed E-state index contributed by atoms with van der Waals surface area (Å²) in [6.07, 6.45) is 0. The summed E-state index contributed by atoms with van der Waals surface area (Å²) in [4.78, 5) is 32.5. The van der Waals surface area contributed by atoms with Crippen molar-refractivity contribution in [1.29, 1.82) is 0 Å². The minimum atomic E-state index is -1.35. The molecule has 0 saturated carbocycles. The number of rotatable bonds is 4. The molecule has 0 fully saturated rings. The van der Waals surface area contributed by atoms with E-state index in [0.717, 1.165) is 0 Å². The molecule has 0 aromatic heterocycles. The molecule has 112 valence electrons. The van der Waals surface area contributed by atoms with E-state index in [1.54, 1.807) is 0 Å². The largest absolute Gasteiger partial charge is 0.545 e. The molecule has 2 aromatic carbocycles. The molecule has 22 heavy (non-hydrogen) atoms. The number of aromatic carboxylic acids is 1. The monoisotopic (exact) mass is 300 g/mol. The van der Waals surface area contributed by atoms with E-state index in [4.69, 9.17) is 0 Å². The minimum Gasteiger partial charge on any atom is -0.545 e. The van der Waals surface area contributed by atoms with E-state index in [1.807, 2.05) is 0 Å². The first-order chi connectivity index (χ1) is 10.5. The predicted octanol–water partition coefficient (Wildman–Crippen LogP) is 1.60. The van der Waals surface area contributed by atoms with Crippen LogP contribution in [0.3, 0.4) is 0 Å². The molecule has 0 radical (unpaired) electrons. The second-order valence-corrected chi connectivity index (χ2v) is 4.25. The van der Waals surface area contributed by atoms with Gasteiger partial charge in [0.25, 0.3) is 5.69 Å². The van der Waals surface area contributed by atoms with Crippen LogP contribution in [0, 0.1) is 10.1 Å². The molecule has 0 saturated heterocycles. The first-order valence-electron chi connectivity index (χ1n) is 6.09. The molecule has 2 N–H and O–H groups in total. The molecule has 0 unspecified atom stereocenters. The van der Waals surface area contributed by atoms with Gasteiger partial charge in [-0.3, -0.25) is 10.1 Å². The first-order valence-corrected chi connectivity index (χ1v) is 6.09. The van der Waals surface area contributed by atoms with Crippen LogP contribution in [0.15, 0.2) is 48.5 Å². The number of non-ortho nitro benzene ring substituents is 1. The van der Waals surface area contributed by atoms with Crippen LogP contribution >= 0.6 is 0 Å². The van der Waals surface area contributed by atoms with E-state index in [0.29, 0.717) is 5.69 Å². The topological polar surface area (TPSA) is 124 Å². The highest BCUT2D eigenvalue weighted by atomic mass is 16.6. The van der Waals surface area contributed by atoms with Crippen molar-refractivity contribution >= 4 is 29.1 Å². The third kappa shape index (κ3) is 3.79. The maximum absolute atomic E-state index is 11.8. The van der Waals surface area contributed by atoms with E-state index < -0.39 is 16.9 Å². The summed E-state index contributed by atoms with van der Waals surface area (Å²) in [5.74, 6) is -1.35. The molecular weight excluding hydrogens is 290 g/mol. The Morgan fingerprint density at radius 3 is 2.18 bits per heavy atom. The van der Waals surface area contributed by atoms with Gasteiger partial charge in [-0.1, -0.05) is 12.1 Å². The maximum Gasteiger partial charge on any atom is 0.323 e. The summed E-state index contributed by atoms with van der Waals surface area (Å²) >= 11 is 0. The standard InChI is InChI=1S/C14H11N3O5/c18-13(19)9-2-1-3-11(8-9)16-14(20)15-10-4-6-12(7-5-10)17(21)22/h1-8H,(H,18,19)(H2,15,16,20)/p-1. The van der Waals surface area contributed by atoms with E-state index in [1.165, 1.54) is 48.5 Å². The number of amides is 2. The van der Waals surface area contributed by atoms with Gasteiger partial charge >= 0.3 is 6.03 Å². The van der Waals surface area contributed by atoms with Crippen LogP contribution in [0.4, 0.5) is 21.9 Å². The van der Waals surface area contributed by atoms with Gasteiger partial charge in [-0.25, -0.2) is 4.79 Å². The number of hydrogen-bond acceptors (Lipinski definition) is 5. The fourth-order valence-corrected chi connectivity index (χ4v) is 1.68. The van der Waals surface area contributed by atoms with Crippen LogP contribution in [0.1, 0.15) is 10.4 Å². The Bertz CT molecular complexity index is 728. The third-order valence-electron chi connectivity index (χ3n) is 2.69. The minimum absolute atomic E-state index is 0.0619.